The number of halogens is 1. The highest BCUT2D eigenvalue weighted by Gasteiger charge is 2.10. The molecule has 1 atom stereocenters. The summed E-state index contributed by atoms with van der Waals surface area (Å²) in [7, 11) is 0. The minimum Gasteiger partial charge on any atom is -0.462 e. The summed E-state index contributed by atoms with van der Waals surface area (Å²) in [6, 6.07) is 3.81. The van der Waals surface area contributed by atoms with Crippen LogP contribution in [0.15, 0.2) is 18.2 Å². The standard InChI is InChI=1S/C12H16FNO2/c1-3-8(2)7-16-12(15)9-4-5-10(13)11(14)6-9/h4-6,8H,3,7,14H2,1-2H3. The van der Waals surface area contributed by atoms with Crippen LogP contribution in [0.2, 0.25) is 0 Å². The number of hydrogen-bond donors (Lipinski definition) is 1. The average molecular weight is 225 g/mol. The van der Waals surface area contributed by atoms with E-state index >= 15 is 0 Å². The molecule has 0 bridgehead atoms. The molecule has 0 radical (unpaired) electrons. The Morgan fingerprint density at radius 2 is 2.25 bits per heavy atom. The van der Waals surface area contributed by atoms with Crippen molar-refractivity contribution in [1.82, 2.24) is 0 Å². The van der Waals surface area contributed by atoms with Crippen LogP contribution in [0.4, 0.5) is 10.1 Å². The van der Waals surface area contributed by atoms with Gasteiger partial charge in [-0.25, -0.2) is 9.18 Å². The molecule has 4 heteroatoms. The van der Waals surface area contributed by atoms with Gasteiger partial charge in [0, 0.05) is 0 Å². The first-order chi connectivity index (χ1) is 7.54. The third-order valence-electron chi connectivity index (χ3n) is 2.43. The summed E-state index contributed by atoms with van der Waals surface area (Å²) in [5.74, 6) is -0.674. The maximum absolute atomic E-state index is 12.9. The second-order valence-corrected chi connectivity index (χ2v) is 3.85. The molecule has 16 heavy (non-hydrogen) atoms. The van der Waals surface area contributed by atoms with Gasteiger partial charge in [-0.15, -0.1) is 0 Å². The molecule has 1 aromatic rings. The number of nitrogen functional groups attached to an aromatic ring is 1. The van der Waals surface area contributed by atoms with Crippen molar-refractivity contribution in [2.45, 2.75) is 20.3 Å². The molecule has 1 unspecified atom stereocenters. The highest BCUT2D eigenvalue weighted by atomic mass is 19.1. The summed E-state index contributed by atoms with van der Waals surface area (Å²) in [5, 5.41) is 0. The molecule has 0 aliphatic heterocycles. The molecular weight excluding hydrogens is 209 g/mol. The van der Waals surface area contributed by atoms with Crippen LogP contribution in [0.1, 0.15) is 30.6 Å². The van der Waals surface area contributed by atoms with E-state index in [1.807, 2.05) is 13.8 Å². The van der Waals surface area contributed by atoms with E-state index in [0.717, 1.165) is 12.5 Å². The molecule has 0 aromatic heterocycles. The van der Waals surface area contributed by atoms with Crippen molar-refractivity contribution in [3.8, 4) is 0 Å². The lowest BCUT2D eigenvalue weighted by molar-refractivity contribution is 0.0447. The van der Waals surface area contributed by atoms with Crippen molar-refractivity contribution in [3.05, 3.63) is 29.6 Å². The first-order valence-corrected chi connectivity index (χ1v) is 5.26. The predicted molar refractivity (Wildman–Crippen MR) is 60.5 cm³/mol. The third kappa shape index (κ3) is 3.22. The van der Waals surface area contributed by atoms with Crippen molar-refractivity contribution >= 4 is 11.7 Å². The van der Waals surface area contributed by atoms with Gasteiger partial charge in [0.1, 0.15) is 5.82 Å². The number of carbonyl (C=O) groups excluding carboxylic acids is 1. The highest BCUT2D eigenvalue weighted by molar-refractivity contribution is 5.90. The smallest absolute Gasteiger partial charge is 0.338 e. The van der Waals surface area contributed by atoms with Crippen molar-refractivity contribution in [1.29, 1.82) is 0 Å². The molecule has 0 spiro atoms. The SMILES string of the molecule is CCC(C)COC(=O)c1ccc(F)c(N)c1. The van der Waals surface area contributed by atoms with E-state index in [1.165, 1.54) is 12.1 Å². The molecule has 0 aliphatic carbocycles. The van der Waals surface area contributed by atoms with Crippen LogP contribution >= 0.6 is 0 Å². The van der Waals surface area contributed by atoms with Crippen LogP contribution in [-0.2, 0) is 4.74 Å². The van der Waals surface area contributed by atoms with Crippen molar-refractivity contribution in [2.75, 3.05) is 12.3 Å². The van der Waals surface area contributed by atoms with E-state index in [4.69, 9.17) is 10.5 Å². The van der Waals surface area contributed by atoms with E-state index < -0.39 is 11.8 Å². The van der Waals surface area contributed by atoms with Crippen molar-refractivity contribution < 1.29 is 13.9 Å². The molecule has 1 rings (SSSR count). The van der Waals surface area contributed by atoms with Crippen molar-refractivity contribution in [2.24, 2.45) is 5.92 Å². The molecule has 2 N–H and O–H groups in total. The molecular formula is C12H16FNO2. The van der Waals surface area contributed by atoms with E-state index in [1.54, 1.807) is 0 Å². The fourth-order valence-electron chi connectivity index (χ4n) is 1.09. The number of hydrogen-bond acceptors (Lipinski definition) is 3. The summed E-state index contributed by atoms with van der Waals surface area (Å²) in [5.41, 5.74) is 5.59. The highest BCUT2D eigenvalue weighted by Crippen LogP contribution is 2.13. The van der Waals surface area contributed by atoms with E-state index in [9.17, 15) is 9.18 Å². The first kappa shape index (κ1) is 12.5. The number of anilines is 1. The van der Waals surface area contributed by atoms with E-state index in [0.29, 0.717) is 12.5 Å². The van der Waals surface area contributed by atoms with Gasteiger partial charge < -0.3 is 10.5 Å². The fraction of sp³-hybridized carbons (Fsp3) is 0.417. The molecule has 0 fully saturated rings. The van der Waals surface area contributed by atoms with Crippen LogP contribution in [0.5, 0.6) is 0 Å². The number of carbonyl (C=O) groups is 1. The second-order valence-electron chi connectivity index (χ2n) is 3.85. The van der Waals surface area contributed by atoms with Crippen LogP contribution in [-0.4, -0.2) is 12.6 Å². The summed E-state index contributed by atoms with van der Waals surface area (Å²) < 4.78 is 17.9. The molecule has 0 heterocycles. The Hall–Kier alpha value is -1.58. The summed E-state index contributed by atoms with van der Waals surface area (Å²) >= 11 is 0. The van der Waals surface area contributed by atoms with Crippen LogP contribution < -0.4 is 5.73 Å². The van der Waals surface area contributed by atoms with Gasteiger partial charge in [-0.05, 0) is 24.1 Å². The van der Waals surface area contributed by atoms with Crippen LogP contribution in [0.25, 0.3) is 0 Å². The Morgan fingerprint density at radius 3 is 2.81 bits per heavy atom. The van der Waals surface area contributed by atoms with Gasteiger partial charge in [0.25, 0.3) is 0 Å². The number of rotatable bonds is 4. The predicted octanol–water partition coefficient (Wildman–Crippen LogP) is 2.61. The summed E-state index contributed by atoms with van der Waals surface area (Å²) in [6.45, 7) is 4.38. The van der Waals surface area contributed by atoms with Crippen molar-refractivity contribution in [3.63, 3.8) is 0 Å². The minimum atomic E-state index is -0.529. The molecule has 3 nitrogen and oxygen atoms in total. The van der Waals surface area contributed by atoms with Gasteiger partial charge in [0.2, 0.25) is 0 Å². The zero-order valence-corrected chi connectivity index (χ0v) is 9.50. The zero-order valence-electron chi connectivity index (χ0n) is 9.50. The molecule has 0 amide bonds. The minimum absolute atomic E-state index is 0.0435. The van der Waals surface area contributed by atoms with E-state index in [-0.39, 0.29) is 11.3 Å². The van der Waals surface area contributed by atoms with Crippen LogP contribution in [0, 0.1) is 11.7 Å². The van der Waals surface area contributed by atoms with Gasteiger partial charge in [-0.3, -0.25) is 0 Å². The maximum Gasteiger partial charge on any atom is 0.338 e. The Kier molecular flexibility index (Phi) is 4.28. The van der Waals surface area contributed by atoms with Gasteiger partial charge in [-0.2, -0.15) is 0 Å². The molecule has 0 saturated heterocycles. The number of esters is 1. The monoisotopic (exact) mass is 225 g/mol. The fourth-order valence-corrected chi connectivity index (χ4v) is 1.09. The molecule has 0 saturated carbocycles. The number of nitrogens with two attached hydrogens (primary N) is 1. The second kappa shape index (κ2) is 5.49. The largest absolute Gasteiger partial charge is 0.462 e. The van der Waals surface area contributed by atoms with Gasteiger partial charge in [-0.1, -0.05) is 20.3 Å². The molecule has 1 aromatic carbocycles. The van der Waals surface area contributed by atoms with Crippen LogP contribution in [0.3, 0.4) is 0 Å². The average Bonchev–Trinajstić information content (AvgIpc) is 2.29. The van der Waals surface area contributed by atoms with Gasteiger partial charge in [0.15, 0.2) is 0 Å². The quantitative estimate of drug-likeness (QED) is 0.633. The topological polar surface area (TPSA) is 52.3 Å². The zero-order chi connectivity index (χ0) is 12.1. The number of benzene rings is 1. The summed E-state index contributed by atoms with van der Waals surface area (Å²) in [4.78, 5) is 11.5. The Labute approximate surface area is 94.4 Å². The Balaban J connectivity index is 2.63. The molecule has 0 aliphatic rings. The number of ether oxygens (including phenoxy) is 1. The molecule has 88 valence electrons. The van der Waals surface area contributed by atoms with Gasteiger partial charge in [0.05, 0.1) is 17.9 Å². The lowest BCUT2D eigenvalue weighted by atomic mass is 10.1. The first-order valence-electron chi connectivity index (χ1n) is 5.26. The Morgan fingerprint density at radius 1 is 1.56 bits per heavy atom. The third-order valence-corrected chi connectivity index (χ3v) is 2.43. The maximum atomic E-state index is 12.9. The summed E-state index contributed by atoms with van der Waals surface area (Å²) in [6.07, 6.45) is 0.943. The normalized spacial score (nSPS) is 12.2. The van der Waals surface area contributed by atoms with E-state index in [2.05, 4.69) is 0 Å². The lowest BCUT2D eigenvalue weighted by Crippen LogP contribution is -2.12. The van der Waals surface area contributed by atoms with Gasteiger partial charge >= 0.3 is 5.97 Å². The Bertz CT molecular complexity index is 379. The lowest BCUT2D eigenvalue weighted by Gasteiger charge is -2.09.